The second-order valence-corrected chi connectivity index (χ2v) is 10.6. The topological polar surface area (TPSA) is 62.8 Å². The number of piperidine rings is 1. The van der Waals surface area contributed by atoms with Crippen molar-refractivity contribution in [1.82, 2.24) is 20.5 Å². The van der Waals surface area contributed by atoms with Gasteiger partial charge in [-0.15, -0.1) is 0 Å². The predicted molar refractivity (Wildman–Crippen MR) is 153 cm³/mol. The van der Waals surface area contributed by atoms with Crippen LogP contribution in [0.15, 0.2) is 60.9 Å². The molecule has 1 fully saturated rings. The minimum atomic E-state index is 0.512. The molecular weight excluding hydrogens is 480 g/mol. The average molecular weight is 511 g/mol. The Labute approximate surface area is 222 Å². The van der Waals surface area contributed by atoms with Gasteiger partial charge in [0.1, 0.15) is 5.75 Å². The highest BCUT2D eigenvalue weighted by atomic mass is 35.5. The van der Waals surface area contributed by atoms with Crippen LogP contribution < -0.4 is 10.1 Å². The Balaban J connectivity index is 1.46. The highest BCUT2D eigenvalue weighted by Crippen LogP contribution is 2.41. The van der Waals surface area contributed by atoms with Crippen molar-refractivity contribution in [1.29, 1.82) is 0 Å². The quantitative estimate of drug-likeness (QED) is 0.246. The molecule has 0 unspecified atom stereocenters. The van der Waals surface area contributed by atoms with Crippen molar-refractivity contribution in [2.75, 3.05) is 13.2 Å². The molecule has 6 rings (SSSR count). The maximum absolute atomic E-state index is 6.81. The van der Waals surface area contributed by atoms with Gasteiger partial charge in [-0.05, 0) is 75.0 Å². The Morgan fingerprint density at radius 1 is 0.946 bits per heavy atom. The first-order valence-electron chi connectivity index (χ1n) is 13.1. The van der Waals surface area contributed by atoms with E-state index in [0.29, 0.717) is 17.7 Å². The van der Waals surface area contributed by atoms with E-state index in [4.69, 9.17) is 21.3 Å². The summed E-state index contributed by atoms with van der Waals surface area (Å²) in [6.07, 6.45) is 8.50. The molecule has 5 aromatic rings. The molecule has 3 heterocycles. The Kier molecular flexibility index (Phi) is 6.58. The number of aromatic nitrogens is 3. The molecular formula is C31H31ClN4O. The molecule has 37 heavy (non-hydrogen) atoms. The van der Waals surface area contributed by atoms with E-state index in [1.54, 1.807) is 0 Å². The number of nitrogens with zero attached hydrogens (tertiary/aromatic N) is 2. The molecule has 0 bridgehead atoms. The standard InChI is InChI=1S/C31H31ClN4O/c1-19-11-20(2)13-22(12-19)27-18-34-30-16-28(32)25(21-6-7-29-23(14-21)17-35-36-29)15-26(30)31(27)37-10-8-24-5-3-4-9-33-24/h6-7,11-18,24,33H,3-5,8-10H2,1-2H3,(H,35,36)/t24-/m1/s1. The summed E-state index contributed by atoms with van der Waals surface area (Å²) in [7, 11) is 0. The molecule has 6 heteroatoms. The first-order valence-corrected chi connectivity index (χ1v) is 13.4. The van der Waals surface area contributed by atoms with Crippen LogP contribution >= 0.6 is 11.6 Å². The van der Waals surface area contributed by atoms with E-state index >= 15 is 0 Å². The normalized spacial score (nSPS) is 15.9. The number of hydrogen-bond donors (Lipinski definition) is 2. The minimum absolute atomic E-state index is 0.512. The molecule has 1 atom stereocenters. The SMILES string of the molecule is Cc1cc(C)cc(-c2cnc3cc(Cl)c(-c4ccc5[nH]ncc5c4)cc3c2OCC[C@H]2CCCCN2)c1. The summed E-state index contributed by atoms with van der Waals surface area (Å²) in [4.78, 5) is 4.82. The Morgan fingerprint density at radius 2 is 1.81 bits per heavy atom. The number of halogens is 1. The van der Waals surface area contributed by atoms with Gasteiger partial charge in [0.15, 0.2) is 0 Å². The summed E-state index contributed by atoms with van der Waals surface area (Å²) in [5.41, 5.74) is 8.39. The van der Waals surface area contributed by atoms with Gasteiger partial charge in [0.05, 0.1) is 28.9 Å². The summed E-state index contributed by atoms with van der Waals surface area (Å²) < 4.78 is 6.64. The number of hydrogen-bond acceptors (Lipinski definition) is 4. The lowest BCUT2D eigenvalue weighted by Crippen LogP contribution is -2.35. The van der Waals surface area contributed by atoms with Crippen LogP contribution in [0.25, 0.3) is 44.1 Å². The fourth-order valence-electron chi connectivity index (χ4n) is 5.49. The fourth-order valence-corrected chi connectivity index (χ4v) is 5.75. The summed E-state index contributed by atoms with van der Waals surface area (Å²) in [5, 5.41) is 13.5. The number of nitrogens with one attached hydrogen (secondary N) is 2. The van der Waals surface area contributed by atoms with Crippen molar-refractivity contribution in [2.45, 2.75) is 45.6 Å². The van der Waals surface area contributed by atoms with Crippen LogP contribution in [0.5, 0.6) is 5.75 Å². The maximum Gasteiger partial charge on any atom is 0.138 e. The largest absolute Gasteiger partial charge is 0.492 e. The van der Waals surface area contributed by atoms with Gasteiger partial charge in [0.25, 0.3) is 0 Å². The Hall–Kier alpha value is -3.41. The van der Waals surface area contributed by atoms with Crippen LogP contribution in [0.2, 0.25) is 5.02 Å². The first kappa shape index (κ1) is 24.0. The van der Waals surface area contributed by atoms with Crippen LogP contribution in [0, 0.1) is 13.8 Å². The van der Waals surface area contributed by atoms with Crippen molar-refractivity contribution >= 4 is 33.4 Å². The average Bonchev–Trinajstić information content (AvgIpc) is 3.36. The van der Waals surface area contributed by atoms with Gasteiger partial charge in [-0.1, -0.05) is 53.4 Å². The van der Waals surface area contributed by atoms with Crippen molar-refractivity contribution in [3.63, 3.8) is 0 Å². The zero-order chi connectivity index (χ0) is 25.4. The summed E-state index contributed by atoms with van der Waals surface area (Å²) in [6.45, 7) is 6.00. The van der Waals surface area contributed by atoms with Crippen LogP contribution in [-0.2, 0) is 0 Å². The molecule has 0 amide bonds. The van der Waals surface area contributed by atoms with Gasteiger partial charge in [0, 0.05) is 34.1 Å². The van der Waals surface area contributed by atoms with Crippen LogP contribution in [0.1, 0.15) is 36.8 Å². The van der Waals surface area contributed by atoms with Gasteiger partial charge < -0.3 is 10.1 Å². The van der Waals surface area contributed by atoms with Gasteiger partial charge >= 0.3 is 0 Å². The number of aromatic amines is 1. The van der Waals surface area contributed by atoms with E-state index in [-0.39, 0.29) is 0 Å². The molecule has 0 spiro atoms. The highest BCUT2D eigenvalue weighted by Gasteiger charge is 2.18. The second kappa shape index (κ2) is 10.2. The van der Waals surface area contributed by atoms with Crippen LogP contribution in [-0.4, -0.2) is 34.4 Å². The zero-order valence-electron chi connectivity index (χ0n) is 21.3. The third-order valence-electron chi connectivity index (χ3n) is 7.32. The van der Waals surface area contributed by atoms with E-state index in [2.05, 4.69) is 65.8 Å². The van der Waals surface area contributed by atoms with E-state index in [9.17, 15) is 0 Å². The van der Waals surface area contributed by atoms with Crippen molar-refractivity contribution in [2.24, 2.45) is 0 Å². The van der Waals surface area contributed by atoms with Crippen molar-refractivity contribution < 1.29 is 4.74 Å². The molecule has 5 nitrogen and oxygen atoms in total. The monoisotopic (exact) mass is 510 g/mol. The number of rotatable bonds is 6. The van der Waals surface area contributed by atoms with Gasteiger partial charge in [-0.3, -0.25) is 10.1 Å². The van der Waals surface area contributed by atoms with Crippen molar-refractivity contribution in [3.05, 3.63) is 77.1 Å². The van der Waals surface area contributed by atoms with Gasteiger partial charge in [0.2, 0.25) is 0 Å². The van der Waals surface area contributed by atoms with Gasteiger partial charge in [-0.2, -0.15) is 5.10 Å². The molecule has 0 aliphatic carbocycles. The first-order chi connectivity index (χ1) is 18.0. The van der Waals surface area contributed by atoms with E-state index in [1.165, 1.54) is 30.4 Å². The zero-order valence-corrected chi connectivity index (χ0v) is 22.0. The molecule has 1 aliphatic heterocycles. The number of fused-ring (bicyclic) bond motifs is 2. The summed E-state index contributed by atoms with van der Waals surface area (Å²) in [6, 6.07) is 17.4. The molecule has 188 valence electrons. The molecule has 0 radical (unpaired) electrons. The Morgan fingerprint density at radius 3 is 2.62 bits per heavy atom. The second-order valence-electron chi connectivity index (χ2n) is 10.2. The minimum Gasteiger partial charge on any atom is -0.492 e. The Bertz CT molecular complexity index is 1570. The van der Waals surface area contributed by atoms with Gasteiger partial charge in [-0.25, -0.2) is 0 Å². The third-order valence-corrected chi connectivity index (χ3v) is 7.63. The lowest BCUT2D eigenvalue weighted by atomic mass is 9.97. The smallest absolute Gasteiger partial charge is 0.138 e. The summed E-state index contributed by atoms with van der Waals surface area (Å²) in [5.74, 6) is 0.869. The number of benzene rings is 3. The predicted octanol–water partition coefficient (Wildman–Crippen LogP) is 7.63. The highest BCUT2D eigenvalue weighted by molar-refractivity contribution is 6.34. The van der Waals surface area contributed by atoms with Crippen LogP contribution in [0.3, 0.4) is 0 Å². The molecule has 3 aromatic carbocycles. The molecule has 1 saturated heterocycles. The van der Waals surface area contributed by atoms with Crippen LogP contribution in [0.4, 0.5) is 0 Å². The lowest BCUT2D eigenvalue weighted by molar-refractivity contribution is 0.271. The molecule has 0 saturated carbocycles. The number of aryl methyl sites for hydroxylation is 2. The molecule has 2 aromatic heterocycles. The number of pyridine rings is 1. The van der Waals surface area contributed by atoms with Crippen molar-refractivity contribution in [3.8, 4) is 28.0 Å². The third kappa shape index (κ3) is 4.94. The fraction of sp³-hybridized carbons (Fsp3) is 0.290. The number of H-pyrrole nitrogens is 1. The molecule has 2 N–H and O–H groups in total. The maximum atomic E-state index is 6.81. The number of ether oxygens (including phenoxy) is 1. The van der Waals surface area contributed by atoms with E-state index in [1.807, 2.05) is 24.5 Å². The molecule has 1 aliphatic rings. The van der Waals surface area contributed by atoms with E-state index < -0.39 is 0 Å². The summed E-state index contributed by atoms with van der Waals surface area (Å²) >= 11 is 6.81. The van der Waals surface area contributed by atoms with E-state index in [0.717, 1.165) is 62.8 Å². The lowest BCUT2D eigenvalue weighted by Gasteiger charge is -2.24.